The Morgan fingerprint density at radius 2 is 1.81 bits per heavy atom. The van der Waals surface area contributed by atoms with Crippen LogP contribution in [-0.2, 0) is 0 Å². The van der Waals surface area contributed by atoms with Crippen LogP contribution in [0.15, 0.2) is 72.9 Å². The van der Waals surface area contributed by atoms with E-state index in [0.29, 0.717) is 16.5 Å². The first-order chi connectivity index (χ1) is 17.8. The van der Waals surface area contributed by atoms with Gasteiger partial charge in [-0.15, -0.1) is 0 Å². The molecule has 3 heterocycles. The van der Waals surface area contributed by atoms with Crippen molar-refractivity contribution in [3.8, 4) is 11.4 Å². The van der Waals surface area contributed by atoms with E-state index in [9.17, 15) is 10.1 Å². The number of ether oxygens (including phenoxy) is 1. The van der Waals surface area contributed by atoms with Crippen LogP contribution in [0.2, 0.25) is 0 Å². The number of aromatic nitrogens is 2. The minimum Gasteiger partial charge on any atom is -0.495 e. The third-order valence-corrected chi connectivity index (χ3v) is 7.13. The molecule has 0 unspecified atom stereocenters. The van der Waals surface area contributed by atoms with Crippen molar-refractivity contribution in [3.05, 3.63) is 111 Å². The number of thiocarbonyl (C=S) groups is 1. The molecule has 2 aromatic heterocycles. The highest BCUT2D eigenvalue weighted by molar-refractivity contribution is 7.80. The SMILES string of the molecule is COc1ccc([N+](=O)[O-])cc1-n1c(C)cc([C@@H]2[C@@H](c3ccccn3)NC(=S)N2c2ccc(C)cc2)c1C. The van der Waals surface area contributed by atoms with E-state index in [1.807, 2.05) is 36.6 Å². The minimum absolute atomic E-state index is 0.00112. The predicted octanol–water partition coefficient (Wildman–Crippen LogP) is 5.89. The fourth-order valence-electron chi connectivity index (χ4n) is 5.08. The molecule has 0 saturated carbocycles. The second-order valence-corrected chi connectivity index (χ2v) is 9.49. The normalized spacial score (nSPS) is 17.1. The molecule has 8 nitrogen and oxygen atoms in total. The highest BCUT2D eigenvalue weighted by atomic mass is 32.1. The summed E-state index contributed by atoms with van der Waals surface area (Å²) < 4.78 is 7.60. The number of non-ortho nitro benzene ring substituents is 1. The van der Waals surface area contributed by atoms with E-state index in [1.54, 1.807) is 25.4 Å². The summed E-state index contributed by atoms with van der Waals surface area (Å²) >= 11 is 5.86. The predicted molar refractivity (Wildman–Crippen MR) is 148 cm³/mol. The number of pyridine rings is 1. The van der Waals surface area contributed by atoms with Gasteiger partial charge in [-0.25, -0.2) is 0 Å². The molecule has 1 aliphatic heterocycles. The number of methoxy groups -OCH3 is 1. The second-order valence-electron chi connectivity index (χ2n) is 9.11. The molecule has 1 N–H and O–H groups in total. The summed E-state index contributed by atoms with van der Waals surface area (Å²) in [6.45, 7) is 6.06. The number of nitro groups is 1. The summed E-state index contributed by atoms with van der Waals surface area (Å²) in [6.07, 6.45) is 1.78. The van der Waals surface area contributed by atoms with Gasteiger partial charge >= 0.3 is 0 Å². The fraction of sp³-hybridized carbons (Fsp3) is 0.214. The van der Waals surface area contributed by atoms with E-state index in [4.69, 9.17) is 17.0 Å². The molecule has 0 spiro atoms. The van der Waals surface area contributed by atoms with Crippen LogP contribution >= 0.6 is 12.2 Å². The molecule has 0 radical (unpaired) electrons. The van der Waals surface area contributed by atoms with E-state index >= 15 is 0 Å². The van der Waals surface area contributed by atoms with Crippen LogP contribution in [0.25, 0.3) is 5.69 Å². The first kappa shape index (κ1) is 24.5. The topological polar surface area (TPSA) is 85.5 Å². The number of hydrogen-bond acceptors (Lipinski definition) is 5. The van der Waals surface area contributed by atoms with Crippen LogP contribution in [0.1, 0.15) is 40.3 Å². The zero-order valence-corrected chi connectivity index (χ0v) is 21.8. The van der Waals surface area contributed by atoms with Crippen LogP contribution in [0, 0.1) is 30.9 Å². The van der Waals surface area contributed by atoms with Gasteiger partial charge in [0.2, 0.25) is 0 Å². The standard InChI is InChI=1S/C28H27N5O3S/c1-17-8-10-20(11-9-17)32-27(26(30-28(32)37)23-7-5-6-14-29-23)22-15-18(2)31(19(22)3)24-16-21(33(34)35)12-13-25(24)36-4/h5-16,26-27H,1-4H3,(H,30,37)/t26-,27-/m1/s1. The lowest BCUT2D eigenvalue weighted by Crippen LogP contribution is -2.29. The molecular formula is C28H27N5O3S. The molecule has 37 heavy (non-hydrogen) atoms. The van der Waals surface area contributed by atoms with Crippen LogP contribution in [0.4, 0.5) is 11.4 Å². The molecule has 9 heteroatoms. The Hall–Kier alpha value is -4.24. The molecule has 188 valence electrons. The minimum atomic E-state index is -0.395. The fourth-order valence-corrected chi connectivity index (χ4v) is 5.42. The lowest BCUT2D eigenvalue weighted by atomic mass is 9.96. The largest absolute Gasteiger partial charge is 0.495 e. The van der Waals surface area contributed by atoms with Gasteiger partial charge in [-0.2, -0.15) is 0 Å². The van der Waals surface area contributed by atoms with Gasteiger partial charge in [0.15, 0.2) is 5.11 Å². The van der Waals surface area contributed by atoms with Gasteiger partial charge in [-0.3, -0.25) is 15.1 Å². The molecule has 1 aliphatic rings. The van der Waals surface area contributed by atoms with Gasteiger partial charge in [0.25, 0.3) is 5.69 Å². The number of nitro benzene ring substituents is 1. The van der Waals surface area contributed by atoms with E-state index in [1.165, 1.54) is 6.07 Å². The van der Waals surface area contributed by atoms with E-state index < -0.39 is 4.92 Å². The van der Waals surface area contributed by atoms with Crippen molar-refractivity contribution in [2.45, 2.75) is 32.9 Å². The summed E-state index contributed by atoms with van der Waals surface area (Å²) in [5, 5.41) is 15.7. The van der Waals surface area contributed by atoms with Crippen molar-refractivity contribution in [2.24, 2.45) is 0 Å². The molecule has 0 aliphatic carbocycles. The number of anilines is 1. The molecule has 2 aromatic carbocycles. The van der Waals surface area contributed by atoms with Crippen molar-refractivity contribution in [1.82, 2.24) is 14.9 Å². The van der Waals surface area contributed by atoms with E-state index in [0.717, 1.165) is 33.9 Å². The Balaban J connectivity index is 1.70. The molecule has 5 rings (SSSR count). The Morgan fingerprint density at radius 3 is 2.46 bits per heavy atom. The van der Waals surface area contributed by atoms with Crippen molar-refractivity contribution in [2.75, 3.05) is 12.0 Å². The molecule has 1 saturated heterocycles. The maximum Gasteiger partial charge on any atom is 0.271 e. The summed E-state index contributed by atoms with van der Waals surface area (Å²) in [4.78, 5) is 17.9. The number of aryl methyl sites for hydroxylation is 2. The quantitative estimate of drug-likeness (QED) is 0.195. The monoisotopic (exact) mass is 513 g/mol. The van der Waals surface area contributed by atoms with Gasteiger partial charge in [0.1, 0.15) is 5.75 Å². The van der Waals surface area contributed by atoms with E-state index in [2.05, 4.69) is 52.5 Å². The number of nitrogens with one attached hydrogen (secondary N) is 1. The zero-order chi connectivity index (χ0) is 26.3. The molecule has 2 atom stereocenters. The van der Waals surface area contributed by atoms with Gasteiger partial charge in [0, 0.05) is 35.4 Å². The van der Waals surface area contributed by atoms with Crippen LogP contribution < -0.4 is 15.0 Å². The Bertz CT molecular complexity index is 1480. The lowest BCUT2D eigenvalue weighted by molar-refractivity contribution is -0.384. The average Bonchev–Trinajstić information content (AvgIpc) is 3.39. The third kappa shape index (κ3) is 4.31. The number of nitrogens with zero attached hydrogens (tertiary/aromatic N) is 4. The average molecular weight is 514 g/mol. The van der Waals surface area contributed by atoms with Crippen LogP contribution in [0.3, 0.4) is 0 Å². The summed E-state index contributed by atoms with van der Waals surface area (Å²) in [7, 11) is 1.56. The van der Waals surface area contributed by atoms with Gasteiger partial charge < -0.3 is 19.5 Å². The number of hydrogen-bond donors (Lipinski definition) is 1. The van der Waals surface area contributed by atoms with E-state index in [-0.39, 0.29) is 17.8 Å². The molecule has 0 amide bonds. The van der Waals surface area contributed by atoms with Gasteiger partial charge in [-0.1, -0.05) is 23.8 Å². The maximum absolute atomic E-state index is 11.5. The summed E-state index contributed by atoms with van der Waals surface area (Å²) in [5.74, 6) is 0.552. The highest BCUT2D eigenvalue weighted by Crippen LogP contribution is 2.44. The Labute approximate surface area is 220 Å². The van der Waals surface area contributed by atoms with Crippen molar-refractivity contribution < 1.29 is 9.66 Å². The van der Waals surface area contributed by atoms with Crippen molar-refractivity contribution >= 4 is 28.7 Å². The zero-order valence-electron chi connectivity index (χ0n) is 21.0. The Morgan fingerprint density at radius 1 is 1.05 bits per heavy atom. The third-order valence-electron chi connectivity index (χ3n) is 6.81. The van der Waals surface area contributed by atoms with Gasteiger partial charge in [0.05, 0.1) is 35.5 Å². The van der Waals surface area contributed by atoms with Gasteiger partial charge in [-0.05, 0) is 75.0 Å². The molecular weight excluding hydrogens is 486 g/mol. The Kier molecular flexibility index (Phi) is 6.39. The molecule has 1 fully saturated rings. The highest BCUT2D eigenvalue weighted by Gasteiger charge is 2.42. The van der Waals surface area contributed by atoms with Crippen molar-refractivity contribution in [3.63, 3.8) is 0 Å². The van der Waals surface area contributed by atoms with Crippen LogP contribution in [0.5, 0.6) is 5.75 Å². The summed E-state index contributed by atoms with van der Waals surface area (Å²) in [6, 6.07) is 20.5. The summed E-state index contributed by atoms with van der Waals surface area (Å²) in [5.41, 5.74) is 6.53. The van der Waals surface area contributed by atoms with Crippen molar-refractivity contribution in [1.29, 1.82) is 0 Å². The lowest BCUT2D eigenvalue weighted by Gasteiger charge is -2.28. The maximum atomic E-state index is 11.5. The number of benzene rings is 2. The first-order valence-electron chi connectivity index (χ1n) is 11.9. The molecule has 0 bridgehead atoms. The molecule has 4 aromatic rings. The second kappa shape index (κ2) is 9.67. The first-order valence-corrected chi connectivity index (χ1v) is 12.3. The number of rotatable bonds is 6. The van der Waals surface area contributed by atoms with Crippen LogP contribution in [-0.4, -0.2) is 26.7 Å². The smallest absolute Gasteiger partial charge is 0.271 e.